The summed E-state index contributed by atoms with van der Waals surface area (Å²) in [4.78, 5) is 14.3. The average molecular weight is 467 g/mol. The van der Waals surface area contributed by atoms with E-state index in [4.69, 9.17) is 16.3 Å². The monoisotopic (exact) mass is 465 g/mol. The minimum atomic E-state index is -0.163. The second kappa shape index (κ2) is 8.79. The quantitative estimate of drug-likeness (QED) is 0.525. The molecule has 3 rings (SSSR count). The summed E-state index contributed by atoms with van der Waals surface area (Å²) < 4.78 is 9.96. The highest BCUT2D eigenvalue weighted by Crippen LogP contribution is 2.27. The van der Waals surface area contributed by atoms with Crippen molar-refractivity contribution in [2.24, 2.45) is 0 Å². The fourth-order valence-corrected chi connectivity index (χ4v) is 3.40. The lowest BCUT2D eigenvalue weighted by Crippen LogP contribution is -2.27. The number of ether oxygens (including phenoxy) is 1. The second-order valence-electron chi connectivity index (χ2n) is 6.35. The van der Waals surface area contributed by atoms with Gasteiger partial charge in [0.1, 0.15) is 5.75 Å². The molecule has 1 amide bonds. The summed E-state index contributed by atoms with van der Waals surface area (Å²) in [6, 6.07) is 7.05. The van der Waals surface area contributed by atoms with Crippen LogP contribution in [0.2, 0.25) is 5.02 Å². The number of aryl methyl sites for hydroxylation is 2. The van der Waals surface area contributed by atoms with E-state index in [0.717, 1.165) is 22.3 Å². The van der Waals surface area contributed by atoms with Gasteiger partial charge < -0.3 is 9.64 Å². The van der Waals surface area contributed by atoms with Crippen LogP contribution in [0.5, 0.6) is 5.75 Å². The molecule has 0 aliphatic heterocycles. The van der Waals surface area contributed by atoms with Gasteiger partial charge in [0.2, 0.25) is 0 Å². The molecule has 2 heterocycles. The maximum absolute atomic E-state index is 12.7. The number of nitrogens with zero attached hydrogens (tertiary/aromatic N) is 5. The third kappa shape index (κ3) is 4.74. The zero-order valence-electron chi connectivity index (χ0n) is 15.9. The van der Waals surface area contributed by atoms with Crippen molar-refractivity contribution in [1.82, 2.24) is 24.5 Å². The number of hydrogen-bond donors (Lipinski definition) is 0. The molecule has 9 heteroatoms. The predicted molar refractivity (Wildman–Crippen MR) is 110 cm³/mol. The standard InChI is InChI=1S/C19H21BrClN5O2/c1-4-25-11-14(13(2)22-25)10-24(3)19(27)17-7-8-26(23-17)12-28-18-6-5-15(20)9-16(18)21/h5-9,11H,4,10,12H2,1-3H3. The van der Waals surface area contributed by atoms with Gasteiger partial charge in [0.15, 0.2) is 12.4 Å². The molecular weight excluding hydrogens is 446 g/mol. The Balaban J connectivity index is 1.62. The lowest BCUT2D eigenvalue weighted by molar-refractivity contribution is 0.0777. The summed E-state index contributed by atoms with van der Waals surface area (Å²) in [5.41, 5.74) is 2.30. The van der Waals surface area contributed by atoms with Gasteiger partial charge >= 0.3 is 0 Å². The minimum absolute atomic E-state index is 0.153. The van der Waals surface area contributed by atoms with Gasteiger partial charge in [0.05, 0.1) is 10.7 Å². The van der Waals surface area contributed by atoms with Crippen molar-refractivity contribution < 1.29 is 9.53 Å². The van der Waals surface area contributed by atoms with Crippen LogP contribution < -0.4 is 4.74 Å². The Bertz CT molecular complexity index is 985. The van der Waals surface area contributed by atoms with Gasteiger partial charge in [-0.3, -0.25) is 9.48 Å². The Labute approximate surface area is 177 Å². The number of carbonyl (C=O) groups excluding carboxylic acids is 1. The van der Waals surface area contributed by atoms with Crippen molar-refractivity contribution in [3.05, 3.63) is 63.1 Å². The summed E-state index contributed by atoms with van der Waals surface area (Å²) >= 11 is 9.50. The molecule has 0 spiro atoms. The number of halogens is 2. The number of hydrogen-bond acceptors (Lipinski definition) is 4. The first-order valence-electron chi connectivity index (χ1n) is 8.77. The van der Waals surface area contributed by atoms with Gasteiger partial charge in [-0.05, 0) is 38.1 Å². The van der Waals surface area contributed by atoms with Crippen LogP contribution in [0, 0.1) is 6.92 Å². The number of benzene rings is 1. The van der Waals surface area contributed by atoms with Gasteiger partial charge in [0.25, 0.3) is 5.91 Å². The Kier molecular flexibility index (Phi) is 6.41. The van der Waals surface area contributed by atoms with Crippen molar-refractivity contribution in [2.45, 2.75) is 33.7 Å². The lowest BCUT2D eigenvalue weighted by atomic mass is 10.2. The van der Waals surface area contributed by atoms with Crippen LogP contribution >= 0.6 is 27.5 Å². The number of rotatable bonds is 7. The second-order valence-corrected chi connectivity index (χ2v) is 7.67. The van der Waals surface area contributed by atoms with E-state index in [1.54, 1.807) is 41.0 Å². The Hall–Kier alpha value is -2.32. The molecule has 0 bridgehead atoms. The summed E-state index contributed by atoms with van der Waals surface area (Å²) in [5, 5.41) is 9.22. The van der Waals surface area contributed by atoms with Gasteiger partial charge in [-0.2, -0.15) is 10.2 Å². The van der Waals surface area contributed by atoms with Crippen LogP contribution in [0.4, 0.5) is 0 Å². The first-order valence-corrected chi connectivity index (χ1v) is 9.94. The van der Waals surface area contributed by atoms with E-state index < -0.39 is 0 Å². The molecule has 0 radical (unpaired) electrons. The summed E-state index contributed by atoms with van der Waals surface area (Å²) in [5.74, 6) is 0.387. The molecule has 7 nitrogen and oxygen atoms in total. The molecule has 0 N–H and O–H groups in total. The van der Waals surface area contributed by atoms with Crippen LogP contribution in [0.3, 0.4) is 0 Å². The smallest absolute Gasteiger partial charge is 0.274 e. The molecule has 0 fully saturated rings. The van der Waals surface area contributed by atoms with E-state index in [1.165, 1.54) is 0 Å². The summed E-state index contributed by atoms with van der Waals surface area (Å²) in [6.45, 7) is 5.40. The Morgan fingerprint density at radius 3 is 2.75 bits per heavy atom. The van der Waals surface area contributed by atoms with Gasteiger partial charge in [-0.25, -0.2) is 4.68 Å². The van der Waals surface area contributed by atoms with Crippen molar-refractivity contribution in [1.29, 1.82) is 0 Å². The van der Waals surface area contributed by atoms with E-state index in [9.17, 15) is 4.79 Å². The van der Waals surface area contributed by atoms with Crippen LogP contribution in [-0.4, -0.2) is 37.4 Å². The molecule has 148 valence electrons. The van der Waals surface area contributed by atoms with E-state index in [0.29, 0.717) is 23.0 Å². The Morgan fingerprint density at radius 1 is 1.29 bits per heavy atom. The van der Waals surface area contributed by atoms with E-state index in [-0.39, 0.29) is 12.6 Å². The molecule has 0 aliphatic carbocycles. The fraction of sp³-hybridized carbons (Fsp3) is 0.316. The van der Waals surface area contributed by atoms with E-state index >= 15 is 0 Å². The molecule has 28 heavy (non-hydrogen) atoms. The lowest BCUT2D eigenvalue weighted by Gasteiger charge is -2.15. The topological polar surface area (TPSA) is 65.2 Å². The molecule has 0 saturated carbocycles. The van der Waals surface area contributed by atoms with Gasteiger partial charge in [0, 0.05) is 42.6 Å². The first-order chi connectivity index (χ1) is 13.4. The number of aromatic nitrogens is 4. The number of carbonyl (C=O) groups is 1. The molecule has 2 aromatic heterocycles. The molecular formula is C19H21BrClN5O2. The largest absolute Gasteiger partial charge is 0.470 e. The third-order valence-electron chi connectivity index (χ3n) is 4.23. The Morgan fingerprint density at radius 2 is 2.07 bits per heavy atom. The van der Waals surface area contributed by atoms with Crippen LogP contribution in [0.25, 0.3) is 0 Å². The van der Waals surface area contributed by atoms with Crippen molar-refractivity contribution in [3.63, 3.8) is 0 Å². The summed E-state index contributed by atoms with van der Waals surface area (Å²) in [7, 11) is 1.75. The van der Waals surface area contributed by atoms with Crippen LogP contribution in [-0.2, 0) is 19.8 Å². The van der Waals surface area contributed by atoms with E-state index in [1.807, 2.05) is 30.8 Å². The van der Waals surface area contributed by atoms with Crippen molar-refractivity contribution >= 4 is 33.4 Å². The van der Waals surface area contributed by atoms with Crippen LogP contribution in [0.1, 0.15) is 28.7 Å². The fourth-order valence-electron chi connectivity index (χ4n) is 2.67. The summed E-state index contributed by atoms with van der Waals surface area (Å²) in [6.07, 6.45) is 3.67. The van der Waals surface area contributed by atoms with Gasteiger partial charge in [-0.15, -0.1) is 0 Å². The maximum Gasteiger partial charge on any atom is 0.274 e. The van der Waals surface area contributed by atoms with Gasteiger partial charge in [-0.1, -0.05) is 27.5 Å². The minimum Gasteiger partial charge on any atom is -0.470 e. The first kappa shape index (κ1) is 20.4. The predicted octanol–water partition coefficient (Wildman–Crippen LogP) is 4.13. The highest BCUT2D eigenvalue weighted by Gasteiger charge is 2.17. The van der Waals surface area contributed by atoms with E-state index in [2.05, 4.69) is 26.1 Å². The zero-order valence-corrected chi connectivity index (χ0v) is 18.2. The van der Waals surface area contributed by atoms with Crippen LogP contribution in [0.15, 0.2) is 41.1 Å². The molecule has 0 atom stereocenters. The average Bonchev–Trinajstić information content (AvgIpc) is 3.27. The zero-order chi connectivity index (χ0) is 20.3. The molecule has 0 unspecified atom stereocenters. The molecule has 1 aromatic carbocycles. The molecule has 0 aliphatic rings. The normalized spacial score (nSPS) is 10.9. The highest BCUT2D eigenvalue weighted by molar-refractivity contribution is 9.10. The molecule has 3 aromatic rings. The SMILES string of the molecule is CCn1cc(CN(C)C(=O)c2ccn(COc3ccc(Br)cc3Cl)n2)c(C)n1. The third-order valence-corrected chi connectivity index (χ3v) is 5.02. The highest BCUT2D eigenvalue weighted by atomic mass is 79.9. The number of amides is 1. The maximum atomic E-state index is 12.7. The van der Waals surface area contributed by atoms with Crippen molar-refractivity contribution in [3.8, 4) is 5.75 Å². The van der Waals surface area contributed by atoms with Crippen molar-refractivity contribution in [2.75, 3.05) is 7.05 Å². The molecule has 0 saturated heterocycles.